The monoisotopic (exact) mass is 272 g/mol. The van der Waals surface area contributed by atoms with Gasteiger partial charge in [0, 0.05) is 17.4 Å². The highest BCUT2D eigenvalue weighted by atomic mass is 16.5. The van der Waals surface area contributed by atoms with E-state index in [4.69, 9.17) is 0 Å². The van der Waals surface area contributed by atoms with Gasteiger partial charge in [-0.25, -0.2) is 0 Å². The Morgan fingerprint density at radius 1 is 1.30 bits per heavy atom. The smallest absolute Gasteiger partial charge is 0.305 e. The molecule has 1 aliphatic rings. The Hall–Kier alpha value is -1.90. The molecule has 3 heteroatoms. The lowest BCUT2D eigenvalue weighted by Crippen LogP contribution is -2.32. The first-order valence-electron chi connectivity index (χ1n) is 6.94. The Morgan fingerprint density at radius 2 is 2.00 bits per heavy atom. The first-order chi connectivity index (χ1) is 9.57. The number of carbonyl (C=O) groups excluding carboxylic acids is 2. The third-order valence-corrected chi connectivity index (χ3v) is 4.03. The number of hydrogen-bond acceptors (Lipinski definition) is 3. The Labute approximate surface area is 119 Å². The first-order valence-corrected chi connectivity index (χ1v) is 6.94. The molecule has 0 aromatic heterocycles. The quantitative estimate of drug-likeness (QED) is 0.789. The molecule has 0 saturated heterocycles. The fourth-order valence-corrected chi connectivity index (χ4v) is 2.65. The second-order valence-electron chi connectivity index (χ2n) is 5.49. The van der Waals surface area contributed by atoms with Gasteiger partial charge in [-0.15, -0.1) is 0 Å². The van der Waals surface area contributed by atoms with E-state index in [0.717, 1.165) is 24.0 Å². The summed E-state index contributed by atoms with van der Waals surface area (Å²) in [6.45, 7) is 1.95. The lowest BCUT2D eigenvalue weighted by molar-refractivity contribution is -0.141. The number of esters is 1. The molecule has 20 heavy (non-hydrogen) atoms. The van der Waals surface area contributed by atoms with Gasteiger partial charge >= 0.3 is 5.97 Å². The van der Waals surface area contributed by atoms with Crippen LogP contribution >= 0.6 is 0 Å². The maximum Gasteiger partial charge on any atom is 0.305 e. The van der Waals surface area contributed by atoms with Crippen molar-refractivity contribution in [2.45, 2.75) is 32.6 Å². The second kappa shape index (κ2) is 6.04. The van der Waals surface area contributed by atoms with E-state index in [2.05, 4.69) is 4.74 Å². The number of allylic oxidation sites excluding steroid dienone is 2. The molecule has 0 unspecified atom stereocenters. The fourth-order valence-electron chi connectivity index (χ4n) is 2.65. The van der Waals surface area contributed by atoms with Crippen molar-refractivity contribution in [3.63, 3.8) is 0 Å². The molecule has 0 bridgehead atoms. The number of Topliss-reactive ketones (excluding diaryl/α,β-unsaturated/α-hetero) is 1. The van der Waals surface area contributed by atoms with E-state index < -0.39 is 5.41 Å². The second-order valence-corrected chi connectivity index (χ2v) is 5.49. The summed E-state index contributed by atoms with van der Waals surface area (Å²) in [6.07, 6.45) is 4.51. The normalized spacial score (nSPS) is 22.3. The summed E-state index contributed by atoms with van der Waals surface area (Å²) in [7, 11) is 1.38. The largest absolute Gasteiger partial charge is 0.469 e. The van der Waals surface area contributed by atoms with E-state index in [0.29, 0.717) is 12.8 Å². The van der Waals surface area contributed by atoms with E-state index in [9.17, 15) is 9.59 Å². The van der Waals surface area contributed by atoms with Crippen LogP contribution in [0.3, 0.4) is 0 Å². The third-order valence-electron chi connectivity index (χ3n) is 4.03. The molecule has 0 heterocycles. The van der Waals surface area contributed by atoms with Gasteiger partial charge in [0.25, 0.3) is 0 Å². The van der Waals surface area contributed by atoms with Crippen LogP contribution in [-0.4, -0.2) is 18.9 Å². The summed E-state index contributed by atoms with van der Waals surface area (Å²) < 4.78 is 4.67. The molecular weight excluding hydrogens is 252 g/mol. The molecule has 1 aromatic rings. The van der Waals surface area contributed by atoms with E-state index in [1.165, 1.54) is 7.11 Å². The summed E-state index contributed by atoms with van der Waals surface area (Å²) in [4.78, 5) is 24.0. The van der Waals surface area contributed by atoms with E-state index in [-0.39, 0.29) is 11.8 Å². The highest BCUT2D eigenvalue weighted by Gasteiger charge is 2.37. The minimum absolute atomic E-state index is 0.138. The van der Waals surface area contributed by atoms with Gasteiger partial charge in [0.15, 0.2) is 5.78 Å². The standard InChI is InChI=1S/C17H20O3/c1-17(12-10-15(18)20-2)11-6-9-14(16(17)19)13-7-4-3-5-8-13/h3-5,7-9H,6,10-12H2,1-2H3/t17-/m0/s1. The fraction of sp³-hybridized carbons (Fsp3) is 0.412. The van der Waals surface area contributed by atoms with Crippen LogP contribution in [-0.2, 0) is 14.3 Å². The molecule has 2 rings (SSSR count). The van der Waals surface area contributed by atoms with Crippen molar-refractivity contribution in [3.8, 4) is 0 Å². The summed E-state index contributed by atoms with van der Waals surface area (Å²) in [5.74, 6) is -0.117. The molecule has 0 fully saturated rings. The van der Waals surface area contributed by atoms with Gasteiger partial charge in [0.2, 0.25) is 0 Å². The van der Waals surface area contributed by atoms with Gasteiger partial charge in [-0.3, -0.25) is 9.59 Å². The molecule has 1 aliphatic carbocycles. The molecule has 0 amide bonds. The van der Waals surface area contributed by atoms with Crippen molar-refractivity contribution >= 4 is 17.3 Å². The summed E-state index contributed by atoms with van der Waals surface area (Å²) in [5.41, 5.74) is 1.28. The number of methoxy groups -OCH3 is 1. The van der Waals surface area contributed by atoms with Gasteiger partial charge in [-0.2, -0.15) is 0 Å². The molecule has 0 spiro atoms. The van der Waals surface area contributed by atoms with Gasteiger partial charge in [0.05, 0.1) is 7.11 Å². The number of benzene rings is 1. The van der Waals surface area contributed by atoms with Gasteiger partial charge in [-0.05, 0) is 24.8 Å². The van der Waals surface area contributed by atoms with Crippen LogP contribution in [0.5, 0.6) is 0 Å². The Balaban J connectivity index is 2.17. The minimum atomic E-state index is -0.464. The zero-order chi connectivity index (χ0) is 14.6. The predicted molar refractivity (Wildman–Crippen MR) is 78.0 cm³/mol. The van der Waals surface area contributed by atoms with Crippen molar-refractivity contribution in [1.29, 1.82) is 0 Å². The minimum Gasteiger partial charge on any atom is -0.469 e. The Morgan fingerprint density at radius 3 is 2.65 bits per heavy atom. The van der Waals surface area contributed by atoms with Crippen molar-refractivity contribution < 1.29 is 14.3 Å². The maximum absolute atomic E-state index is 12.7. The van der Waals surface area contributed by atoms with Crippen molar-refractivity contribution in [3.05, 3.63) is 42.0 Å². The first kappa shape index (κ1) is 14.5. The average molecular weight is 272 g/mol. The van der Waals surface area contributed by atoms with Crippen LogP contribution in [0.15, 0.2) is 36.4 Å². The molecule has 0 N–H and O–H groups in total. The number of hydrogen-bond donors (Lipinski definition) is 0. The average Bonchev–Trinajstić information content (AvgIpc) is 2.49. The van der Waals surface area contributed by atoms with E-state index in [1.807, 2.05) is 43.3 Å². The van der Waals surface area contributed by atoms with Crippen LogP contribution < -0.4 is 0 Å². The van der Waals surface area contributed by atoms with Gasteiger partial charge in [-0.1, -0.05) is 43.3 Å². The topological polar surface area (TPSA) is 43.4 Å². The van der Waals surface area contributed by atoms with Crippen LogP contribution in [0.2, 0.25) is 0 Å². The van der Waals surface area contributed by atoms with Gasteiger partial charge < -0.3 is 4.74 Å². The summed E-state index contributed by atoms with van der Waals surface area (Å²) >= 11 is 0. The molecule has 0 aliphatic heterocycles. The lowest BCUT2D eigenvalue weighted by Gasteiger charge is -2.32. The third kappa shape index (κ3) is 2.98. The lowest BCUT2D eigenvalue weighted by atomic mass is 9.70. The zero-order valence-electron chi connectivity index (χ0n) is 12.0. The summed E-state index contributed by atoms with van der Waals surface area (Å²) in [6, 6.07) is 9.72. The summed E-state index contributed by atoms with van der Waals surface area (Å²) in [5, 5.41) is 0. The SMILES string of the molecule is COC(=O)CC[C@]1(C)CCC=C(c2ccccc2)C1=O. The molecular formula is C17H20O3. The highest BCUT2D eigenvalue weighted by molar-refractivity contribution is 6.23. The van der Waals surface area contributed by atoms with Crippen LogP contribution in [0.4, 0.5) is 0 Å². The molecule has 0 radical (unpaired) electrons. The van der Waals surface area contributed by atoms with Crippen molar-refractivity contribution in [2.24, 2.45) is 5.41 Å². The zero-order valence-corrected chi connectivity index (χ0v) is 12.0. The molecule has 106 valence electrons. The number of ether oxygens (including phenoxy) is 1. The highest BCUT2D eigenvalue weighted by Crippen LogP contribution is 2.40. The van der Waals surface area contributed by atoms with Crippen molar-refractivity contribution in [1.82, 2.24) is 0 Å². The maximum atomic E-state index is 12.7. The van der Waals surface area contributed by atoms with Gasteiger partial charge in [0.1, 0.15) is 0 Å². The van der Waals surface area contributed by atoms with Crippen molar-refractivity contribution in [2.75, 3.05) is 7.11 Å². The van der Waals surface area contributed by atoms with Crippen LogP contribution in [0, 0.1) is 5.41 Å². The van der Waals surface area contributed by atoms with Crippen LogP contribution in [0.25, 0.3) is 5.57 Å². The predicted octanol–water partition coefficient (Wildman–Crippen LogP) is 3.39. The number of ketones is 1. The molecule has 1 aromatic carbocycles. The molecule has 1 atom stereocenters. The van der Waals surface area contributed by atoms with E-state index in [1.54, 1.807) is 0 Å². The number of carbonyl (C=O) groups is 2. The van der Waals surface area contributed by atoms with Crippen LogP contribution in [0.1, 0.15) is 38.2 Å². The Bertz CT molecular complexity index is 530. The van der Waals surface area contributed by atoms with E-state index >= 15 is 0 Å². The Kier molecular flexibility index (Phi) is 4.38. The number of rotatable bonds is 4. The molecule has 0 saturated carbocycles. The molecule has 3 nitrogen and oxygen atoms in total.